The van der Waals surface area contributed by atoms with Crippen molar-refractivity contribution in [3.63, 3.8) is 0 Å². The third-order valence-corrected chi connectivity index (χ3v) is 1.93. The molecular weight excluding hydrogens is 204 g/mol. The average molecular weight is 213 g/mol. The maximum atomic E-state index is 10.5. The molecule has 0 saturated carbocycles. The number of halogens is 1. The molecule has 0 aliphatic carbocycles. The minimum absolute atomic E-state index is 0.326. The molecule has 14 heavy (non-hydrogen) atoms. The Bertz CT molecular complexity index is 377. The summed E-state index contributed by atoms with van der Waals surface area (Å²) in [6.45, 7) is 0. The second kappa shape index (κ2) is 4.62. The Morgan fingerprint density at radius 3 is 2.86 bits per heavy atom. The Morgan fingerprint density at radius 2 is 2.29 bits per heavy atom. The molecule has 0 fully saturated rings. The molecular formula is C9H9ClN2O2. The van der Waals surface area contributed by atoms with Gasteiger partial charge < -0.3 is 10.6 Å². The standard InChI is InChI=1S/C9H9ClN2O2/c1-14-12-4-7-2-6(5-13)3-8(10)9(7)11/h2-5H,11H2,1H3. The summed E-state index contributed by atoms with van der Waals surface area (Å²) in [6, 6.07) is 3.07. The van der Waals surface area contributed by atoms with Crippen molar-refractivity contribution in [1.29, 1.82) is 0 Å². The van der Waals surface area contributed by atoms with Crippen LogP contribution in [0.4, 0.5) is 5.69 Å². The van der Waals surface area contributed by atoms with Crippen LogP contribution in [0.15, 0.2) is 17.3 Å². The highest BCUT2D eigenvalue weighted by molar-refractivity contribution is 6.34. The number of nitrogens with zero attached hydrogens (tertiary/aromatic N) is 1. The molecule has 74 valence electrons. The number of hydrogen-bond acceptors (Lipinski definition) is 4. The zero-order chi connectivity index (χ0) is 10.6. The fourth-order valence-electron chi connectivity index (χ4n) is 0.945. The third-order valence-electron chi connectivity index (χ3n) is 1.62. The Morgan fingerprint density at radius 1 is 1.57 bits per heavy atom. The van der Waals surface area contributed by atoms with E-state index in [4.69, 9.17) is 17.3 Å². The molecule has 0 radical (unpaired) electrons. The van der Waals surface area contributed by atoms with Gasteiger partial charge in [0, 0.05) is 11.1 Å². The summed E-state index contributed by atoms with van der Waals surface area (Å²) in [5, 5.41) is 3.87. The predicted octanol–water partition coefficient (Wildman–Crippen LogP) is 1.72. The van der Waals surface area contributed by atoms with Crippen LogP contribution < -0.4 is 5.73 Å². The fourth-order valence-corrected chi connectivity index (χ4v) is 1.18. The Balaban J connectivity index is 3.19. The molecule has 0 aliphatic heterocycles. The van der Waals surface area contributed by atoms with Gasteiger partial charge in [-0.25, -0.2) is 0 Å². The number of carbonyl (C=O) groups excluding carboxylic acids is 1. The number of carbonyl (C=O) groups is 1. The van der Waals surface area contributed by atoms with Crippen LogP contribution in [0.3, 0.4) is 0 Å². The molecule has 0 unspecified atom stereocenters. The molecule has 4 nitrogen and oxygen atoms in total. The topological polar surface area (TPSA) is 64.7 Å². The Labute approximate surface area is 86.3 Å². The number of aldehydes is 1. The lowest BCUT2D eigenvalue weighted by atomic mass is 10.1. The van der Waals surface area contributed by atoms with Crippen LogP contribution in [0.5, 0.6) is 0 Å². The fraction of sp³-hybridized carbons (Fsp3) is 0.111. The van der Waals surface area contributed by atoms with Gasteiger partial charge in [0.2, 0.25) is 0 Å². The summed E-state index contributed by atoms with van der Waals surface area (Å²) >= 11 is 5.79. The highest BCUT2D eigenvalue weighted by atomic mass is 35.5. The van der Waals surface area contributed by atoms with Crippen molar-refractivity contribution < 1.29 is 9.63 Å². The largest absolute Gasteiger partial charge is 0.399 e. The minimum Gasteiger partial charge on any atom is -0.399 e. The molecule has 5 heteroatoms. The van der Waals surface area contributed by atoms with E-state index in [1.165, 1.54) is 19.4 Å². The third kappa shape index (κ3) is 2.23. The lowest BCUT2D eigenvalue weighted by Crippen LogP contribution is -1.96. The van der Waals surface area contributed by atoms with E-state index in [1.54, 1.807) is 6.07 Å². The molecule has 0 aromatic heterocycles. The summed E-state index contributed by atoms with van der Waals surface area (Å²) in [6.07, 6.45) is 2.09. The summed E-state index contributed by atoms with van der Waals surface area (Å²) in [7, 11) is 1.41. The van der Waals surface area contributed by atoms with Gasteiger partial charge in [0.05, 0.1) is 16.9 Å². The average Bonchev–Trinajstić information content (AvgIpc) is 2.20. The molecule has 0 aliphatic rings. The van der Waals surface area contributed by atoms with Gasteiger partial charge in [-0.15, -0.1) is 0 Å². The number of hydrogen-bond donors (Lipinski definition) is 1. The van der Waals surface area contributed by atoms with E-state index < -0.39 is 0 Å². The van der Waals surface area contributed by atoms with Crippen LogP contribution in [-0.4, -0.2) is 19.6 Å². The van der Waals surface area contributed by atoms with Crippen molar-refractivity contribution in [2.75, 3.05) is 12.8 Å². The van der Waals surface area contributed by atoms with Crippen molar-refractivity contribution in [3.05, 3.63) is 28.3 Å². The van der Waals surface area contributed by atoms with Crippen LogP contribution in [0, 0.1) is 0 Å². The molecule has 0 heterocycles. The van der Waals surface area contributed by atoms with Crippen LogP contribution >= 0.6 is 11.6 Å². The molecule has 1 aromatic rings. The van der Waals surface area contributed by atoms with Gasteiger partial charge in [-0.3, -0.25) is 4.79 Å². The number of rotatable bonds is 3. The molecule has 1 rings (SSSR count). The molecule has 1 aromatic carbocycles. The number of anilines is 1. The summed E-state index contributed by atoms with van der Waals surface area (Å²) in [5.41, 5.74) is 7.03. The molecule has 0 spiro atoms. The zero-order valence-electron chi connectivity index (χ0n) is 7.53. The second-order valence-corrected chi connectivity index (χ2v) is 2.95. The SMILES string of the molecule is CON=Cc1cc(C=O)cc(Cl)c1N. The minimum atomic E-state index is 0.326. The first-order valence-corrected chi connectivity index (χ1v) is 4.17. The number of nitrogen functional groups attached to an aromatic ring is 1. The van der Waals surface area contributed by atoms with E-state index in [1.807, 2.05) is 0 Å². The van der Waals surface area contributed by atoms with Crippen molar-refractivity contribution in [2.45, 2.75) is 0 Å². The van der Waals surface area contributed by atoms with Crippen molar-refractivity contribution in [3.8, 4) is 0 Å². The van der Waals surface area contributed by atoms with Gasteiger partial charge in [-0.05, 0) is 12.1 Å². The molecule has 0 bridgehead atoms. The summed E-state index contributed by atoms with van der Waals surface area (Å²) in [4.78, 5) is 15.0. The number of nitrogens with two attached hydrogens (primary N) is 1. The highest BCUT2D eigenvalue weighted by Gasteiger charge is 2.04. The van der Waals surface area contributed by atoms with Crippen molar-refractivity contribution in [2.24, 2.45) is 5.16 Å². The maximum Gasteiger partial charge on any atom is 0.150 e. The van der Waals surface area contributed by atoms with Gasteiger partial charge in [-0.2, -0.15) is 0 Å². The summed E-state index contributed by atoms with van der Waals surface area (Å²) in [5.74, 6) is 0. The van der Waals surface area contributed by atoms with Gasteiger partial charge in [0.15, 0.2) is 0 Å². The Kier molecular flexibility index (Phi) is 3.48. The quantitative estimate of drug-likeness (QED) is 0.359. The van der Waals surface area contributed by atoms with Crippen LogP contribution in [0.2, 0.25) is 5.02 Å². The lowest BCUT2D eigenvalue weighted by molar-refractivity contribution is 0.112. The Hall–Kier alpha value is -1.55. The molecule has 0 amide bonds. The molecule has 0 saturated heterocycles. The second-order valence-electron chi connectivity index (χ2n) is 2.54. The normalized spacial score (nSPS) is 10.4. The van der Waals surface area contributed by atoms with E-state index in [0.717, 1.165) is 0 Å². The van der Waals surface area contributed by atoms with Crippen molar-refractivity contribution >= 4 is 29.8 Å². The first-order valence-electron chi connectivity index (χ1n) is 3.79. The zero-order valence-corrected chi connectivity index (χ0v) is 8.28. The number of oxime groups is 1. The van der Waals surface area contributed by atoms with Gasteiger partial charge in [-0.1, -0.05) is 16.8 Å². The lowest BCUT2D eigenvalue weighted by Gasteiger charge is -2.03. The first-order chi connectivity index (χ1) is 6.69. The molecule has 2 N–H and O–H groups in total. The van der Waals surface area contributed by atoms with E-state index in [2.05, 4.69) is 9.99 Å². The maximum absolute atomic E-state index is 10.5. The van der Waals surface area contributed by atoms with Gasteiger partial charge in [0.1, 0.15) is 13.4 Å². The smallest absolute Gasteiger partial charge is 0.150 e. The van der Waals surface area contributed by atoms with E-state index in [-0.39, 0.29) is 0 Å². The number of benzene rings is 1. The van der Waals surface area contributed by atoms with Gasteiger partial charge in [0.25, 0.3) is 0 Å². The predicted molar refractivity (Wildman–Crippen MR) is 55.9 cm³/mol. The monoisotopic (exact) mass is 212 g/mol. The van der Waals surface area contributed by atoms with Crippen LogP contribution in [-0.2, 0) is 4.84 Å². The highest BCUT2D eigenvalue weighted by Crippen LogP contribution is 2.23. The first kappa shape index (κ1) is 10.5. The summed E-state index contributed by atoms with van der Waals surface area (Å²) < 4.78 is 0. The molecule has 0 atom stereocenters. The van der Waals surface area contributed by atoms with Crippen LogP contribution in [0.25, 0.3) is 0 Å². The van der Waals surface area contributed by atoms with E-state index in [9.17, 15) is 4.79 Å². The van der Waals surface area contributed by atoms with Gasteiger partial charge >= 0.3 is 0 Å². The van der Waals surface area contributed by atoms with E-state index >= 15 is 0 Å². The van der Waals surface area contributed by atoms with Crippen LogP contribution in [0.1, 0.15) is 15.9 Å². The van der Waals surface area contributed by atoms with Crippen molar-refractivity contribution in [1.82, 2.24) is 0 Å². The van der Waals surface area contributed by atoms with E-state index in [0.29, 0.717) is 28.1 Å².